The van der Waals surface area contributed by atoms with Crippen LogP contribution in [0.15, 0.2) is 41.5 Å². The first kappa shape index (κ1) is 17.8. The van der Waals surface area contributed by atoms with Gasteiger partial charge in [-0.15, -0.1) is 0 Å². The number of nitrogens with zero attached hydrogens (tertiary/aromatic N) is 1. The number of methoxy groups -OCH3 is 1. The molecule has 1 N–H and O–H groups in total. The van der Waals surface area contributed by atoms with Gasteiger partial charge in [-0.1, -0.05) is 29.8 Å². The minimum atomic E-state index is -0.339. The van der Waals surface area contributed by atoms with Crippen LogP contribution >= 0.6 is 11.6 Å². The zero-order valence-electron chi connectivity index (χ0n) is 13.8. The van der Waals surface area contributed by atoms with Crippen molar-refractivity contribution in [3.8, 4) is 11.5 Å². The van der Waals surface area contributed by atoms with Crippen molar-refractivity contribution in [2.45, 2.75) is 13.8 Å². The van der Waals surface area contributed by atoms with Crippen molar-refractivity contribution in [3.05, 3.63) is 58.1 Å². The molecule has 0 aliphatic carbocycles. The van der Waals surface area contributed by atoms with E-state index in [2.05, 4.69) is 10.5 Å². The number of hydrogen-bond acceptors (Lipinski definition) is 4. The fourth-order valence-electron chi connectivity index (χ4n) is 2.14. The average molecular weight is 347 g/mol. The summed E-state index contributed by atoms with van der Waals surface area (Å²) in [5, 5.41) is 4.37. The number of para-hydroxylation sites is 1. The minimum absolute atomic E-state index is 0.105. The molecule has 0 spiro atoms. The number of nitrogens with one attached hydrogen (secondary N) is 1. The van der Waals surface area contributed by atoms with E-state index in [4.69, 9.17) is 21.1 Å². The average Bonchev–Trinajstić information content (AvgIpc) is 2.54. The second kappa shape index (κ2) is 8.36. The molecule has 0 heterocycles. The van der Waals surface area contributed by atoms with Crippen molar-refractivity contribution < 1.29 is 14.3 Å². The third kappa shape index (κ3) is 4.73. The van der Waals surface area contributed by atoms with Crippen LogP contribution in [0.4, 0.5) is 0 Å². The molecule has 1 amide bonds. The summed E-state index contributed by atoms with van der Waals surface area (Å²) >= 11 is 6.02. The maximum atomic E-state index is 11.8. The van der Waals surface area contributed by atoms with Crippen molar-refractivity contribution >= 4 is 23.7 Å². The number of rotatable bonds is 6. The predicted molar refractivity (Wildman–Crippen MR) is 95.2 cm³/mol. The van der Waals surface area contributed by atoms with Crippen LogP contribution in [0.5, 0.6) is 11.5 Å². The van der Waals surface area contributed by atoms with E-state index < -0.39 is 0 Å². The Labute approximate surface area is 146 Å². The van der Waals surface area contributed by atoms with Gasteiger partial charge in [0.15, 0.2) is 6.61 Å². The van der Waals surface area contributed by atoms with E-state index in [9.17, 15) is 4.79 Å². The first-order valence-corrected chi connectivity index (χ1v) is 7.73. The highest BCUT2D eigenvalue weighted by Crippen LogP contribution is 2.24. The highest BCUT2D eigenvalue weighted by Gasteiger charge is 2.06. The maximum absolute atomic E-state index is 11.8. The van der Waals surface area contributed by atoms with Crippen LogP contribution in [-0.2, 0) is 4.79 Å². The second-order valence-corrected chi connectivity index (χ2v) is 5.60. The maximum Gasteiger partial charge on any atom is 0.277 e. The molecular formula is C18H19ClN2O3. The molecule has 0 saturated heterocycles. The topological polar surface area (TPSA) is 59.9 Å². The van der Waals surface area contributed by atoms with Crippen molar-refractivity contribution in [3.63, 3.8) is 0 Å². The van der Waals surface area contributed by atoms with Gasteiger partial charge in [-0.05, 0) is 48.7 Å². The number of halogens is 1. The van der Waals surface area contributed by atoms with E-state index in [0.29, 0.717) is 10.8 Å². The summed E-state index contributed by atoms with van der Waals surface area (Å²) in [6.45, 7) is 3.77. The van der Waals surface area contributed by atoms with Crippen LogP contribution < -0.4 is 14.9 Å². The number of hydrogen-bond donors (Lipinski definition) is 1. The van der Waals surface area contributed by atoms with Crippen LogP contribution in [0.2, 0.25) is 5.02 Å². The summed E-state index contributed by atoms with van der Waals surface area (Å²) in [6, 6.07) is 11.0. The van der Waals surface area contributed by atoms with Gasteiger partial charge in [0.05, 0.1) is 18.3 Å². The molecule has 2 aromatic carbocycles. The summed E-state index contributed by atoms with van der Waals surface area (Å²) < 4.78 is 10.6. The minimum Gasteiger partial charge on any atom is -0.495 e. The molecule has 0 unspecified atom stereocenters. The summed E-state index contributed by atoms with van der Waals surface area (Å²) in [5.74, 6) is 0.965. The number of amides is 1. The van der Waals surface area contributed by atoms with Crippen LogP contribution in [0.25, 0.3) is 0 Å². The largest absolute Gasteiger partial charge is 0.495 e. The van der Waals surface area contributed by atoms with Gasteiger partial charge in [0, 0.05) is 0 Å². The Balaban J connectivity index is 1.88. The second-order valence-electron chi connectivity index (χ2n) is 5.20. The van der Waals surface area contributed by atoms with Gasteiger partial charge >= 0.3 is 0 Å². The zero-order valence-corrected chi connectivity index (χ0v) is 14.6. The van der Waals surface area contributed by atoms with Gasteiger partial charge in [-0.3, -0.25) is 4.79 Å². The Morgan fingerprint density at radius 1 is 1.25 bits per heavy atom. The molecule has 126 valence electrons. The van der Waals surface area contributed by atoms with Gasteiger partial charge < -0.3 is 9.47 Å². The van der Waals surface area contributed by atoms with Crippen LogP contribution in [0.1, 0.15) is 16.7 Å². The van der Waals surface area contributed by atoms with E-state index in [1.807, 2.05) is 32.0 Å². The number of aryl methyl sites for hydroxylation is 2. The summed E-state index contributed by atoms with van der Waals surface area (Å²) in [7, 11) is 1.55. The number of benzene rings is 2. The van der Waals surface area contributed by atoms with E-state index >= 15 is 0 Å². The fraction of sp³-hybridized carbons (Fsp3) is 0.222. The molecule has 0 atom stereocenters. The Kier molecular flexibility index (Phi) is 6.21. The first-order chi connectivity index (χ1) is 11.5. The summed E-state index contributed by atoms with van der Waals surface area (Å²) in [5.41, 5.74) is 5.14. The number of carbonyl (C=O) groups is 1. The molecule has 0 aliphatic heterocycles. The molecule has 0 aromatic heterocycles. The third-order valence-corrected chi connectivity index (χ3v) is 3.63. The van der Waals surface area contributed by atoms with Crippen molar-refractivity contribution in [2.24, 2.45) is 5.10 Å². The molecule has 2 aromatic rings. The number of carbonyl (C=O) groups excluding carboxylic acids is 1. The molecule has 0 radical (unpaired) electrons. The lowest BCUT2D eigenvalue weighted by atomic mass is 10.1. The fourth-order valence-corrected chi connectivity index (χ4v) is 2.40. The quantitative estimate of drug-likeness (QED) is 0.643. The van der Waals surface area contributed by atoms with Gasteiger partial charge in [0.2, 0.25) is 0 Å². The zero-order chi connectivity index (χ0) is 17.5. The molecular weight excluding hydrogens is 328 g/mol. The summed E-state index contributed by atoms with van der Waals surface area (Å²) in [6.07, 6.45) is 1.50. The van der Waals surface area contributed by atoms with E-state index in [0.717, 1.165) is 22.4 Å². The highest BCUT2D eigenvalue weighted by molar-refractivity contribution is 6.32. The first-order valence-electron chi connectivity index (χ1n) is 7.35. The SMILES string of the molecule is COc1ccc(C=NNC(=O)COc2c(C)cccc2C)cc1Cl. The molecule has 5 nitrogen and oxygen atoms in total. The number of ether oxygens (including phenoxy) is 2. The molecule has 6 heteroatoms. The molecule has 0 aliphatic rings. The normalized spacial score (nSPS) is 10.7. The molecule has 0 fully saturated rings. The van der Waals surface area contributed by atoms with Gasteiger partial charge in [-0.25, -0.2) is 5.43 Å². The smallest absolute Gasteiger partial charge is 0.277 e. The van der Waals surface area contributed by atoms with Crippen LogP contribution in [-0.4, -0.2) is 25.8 Å². The van der Waals surface area contributed by atoms with Crippen molar-refractivity contribution in [2.75, 3.05) is 13.7 Å². The Hall–Kier alpha value is -2.53. The van der Waals surface area contributed by atoms with Gasteiger partial charge in [-0.2, -0.15) is 5.10 Å². The van der Waals surface area contributed by atoms with E-state index in [1.54, 1.807) is 25.3 Å². The molecule has 24 heavy (non-hydrogen) atoms. The molecule has 0 saturated carbocycles. The molecule has 2 rings (SSSR count). The van der Waals surface area contributed by atoms with Crippen molar-refractivity contribution in [1.82, 2.24) is 5.43 Å². The lowest BCUT2D eigenvalue weighted by molar-refractivity contribution is -0.123. The number of hydrazone groups is 1. The lowest BCUT2D eigenvalue weighted by Gasteiger charge is -2.10. The van der Waals surface area contributed by atoms with Gasteiger partial charge in [0.1, 0.15) is 11.5 Å². The van der Waals surface area contributed by atoms with Gasteiger partial charge in [0.25, 0.3) is 5.91 Å². The third-order valence-electron chi connectivity index (χ3n) is 3.34. The predicted octanol–water partition coefficient (Wildman–Crippen LogP) is 3.49. The summed E-state index contributed by atoms with van der Waals surface area (Å²) in [4.78, 5) is 11.8. The van der Waals surface area contributed by atoms with Crippen LogP contribution in [0, 0.1) is 13.8 Å². The highest BCUT2D eigenvalue weighted by atomic mass is 35.5. The Bertz CT molecular complexity index is 740. The van der Waals surface area contributed by atoms with Crippen LogP contribution in [0.3, 0.4) is 0 Å². The van der Waals surface area contributed by atoms with E-state index in [-0.39, 0.29) is 12.5 Å². The van der Waals surface area contributed by atoms with E-state index in [1.165, 1.54) is 6.21 Å². The standard InChI is InChI=1S/C18H19ClN2O3/c1-12-5-4-6-13(2)18(12)24-11-17(22)21-20-10-14-7-8-16(23-3)15(19)9-14/h4-10H,11H2,1-3H3,(H,21,22). The Morgan fingerprint density at radius 3 is 2.58 bits per heavy atom. The monoisotopic (exact) mass is 346 g/mol. The van der Waals surface area contributed by atoms with Crippen molar-refractivity contribution in [1.29, 1.82) is 0 Å². The lowest BCUT2D eigenvalue weighted by Crippen LogP contribution is -2.25. The Morgan fingerprint density at radius 2 is 1.96 bits per heavy atom. The molecule has 0 bridgehead atoms.